The van der Waals surface area contributed by atoms with Crippen LogP contribution in [0.1, 0.15) is 26.7 Å². The molecule has 0 atom stereocenters. The van der Waals surface area contributed by atoms with Crippen molar-refractivity contribution in [3.63, 3.8) is 0 Å². The minimum absolute atomic E-state index is 0.206. The lowest BCUT2D eigenvalue weighted by Crippen LogP contribution is -2.10. The summed E-state index contributed by atoms with van der Waals surface area (Å²) in [5.41, 5.74) is 1.69. The van der Waals surface area contributed by atoms with Crippen LogP contribution in [-0.4, -0.2) is 11.7 Å². The van der Waals surface area contributed by atoms with Gasteiger partial charge in [-0.05, 0) is 72.8 Å². The summed E-state index contributed by atoms with van der Waals surface area (Å²) in [6.45, 7) is 0. The largest absolute Gasteiger partial charge is 0.459 e. The van der Waals surface area contributed by atoms with Crippen LogP contribution in [-0.2, 0) is 0 Å². The minimum atomic E-state index is -0.364. The van der Waals surface area contributed by atoms with Crippen LogP contribution in [0.2, 0.25) is 10.0 Å². The number of allylic oxidation sites excluding steroid dienone is 1. The summed E-state index contributed by atoms with van der Waals surface area (Å²) < 4.78 is 10.8. The number of hydrogen-bond donors (Lipinski definition) is 1. The van der Waals surface area contributed by atoms with Gasteiger partial charge in [0.05, 0.1) is 16.3 Å². The number of amides is 1. The molecule has 2 aromatic heterocycles. The summed E-state index contributed by atoms with van der Waals surface area (Å²) in [6, 6.07) is 18.5. The first-order valence-electron chi connectivity index (χ1n) is 9.23. The van der Waals surface area contributed by atoms with E-state index < -0.39 is 0 Å². The van der Waals surface area contributed by atoms with Gasteiger partial charge in [0.25, 0.3) is 5.91 Å². The van der Waals surface area contributed by atoms with Crippen LogP contribution in [0.15, 0.2) is 87.9 Å². The summed E-state index contributed by atoms with van der Waals surface area (Å²) in [4.78, 5) is 24.4. The summed E-state index contributed by atoms with van der Waals surface area (Å²) in [5.74, 6) is 0.693. The van der Waals surface area contributed by atoms with Gasteiger partial charge in [0.2, 0.25) is 0 Å². The molecule has 0 spiro atoms. The quantitative estimate of drug-likeness (QED) is 0.253. The maximum absolute atomic E-state index is 12.4. The van der Waals surface area contributed by atoms with E-state index >= 15 is 0 Å². The van der Waals surface area contributed by atoms with Crippen LogP contribution < -0.4 is 5.32 Å². The first-order valence-corrected chi connectivity index (χ1v) is 9.98. The lowest BCUT2D eigenvalue weighted by Gasteiger charge is -2.04. The maximum Gasteiger partial charge on any atom is 0.291 e. The van der Waals surface area contributed by atoms with Crippen LogP contribution in [0.25, 0.3) is 17.4 Å². The Morgan fingerprint density at radius 2 is 1.71 bits per heavy atom. The predicted molar refractivity (Wildman–Crippen MR) is 121 cm³/mol. The number of nitrogens with one attached hydrogen (secondary N) is 1. The van der Waals surface area contributed by atoms with Crippen LogP contribution in [0.5, 0.6) is 0 Å². The molecule has 4 rings (SSSR count). The second-order valence-corrected chi connectivity index (χ2v) is 7.29. The molecule has 0 radical (unpaired) electrons. The van der Waals surface area contributed by atoms with E-state index in [4.69, 9.17) is 32.0 Å². The number of hydrogen-bond acceptors (Lipinski definition) is 4. The molecule has 31 heavy (non-hydrogen) atoms. The SMILES string of the molecule is O=C(/C=C/c1ccc(-c2cccc(Cl)c2Cl)o1)c1ccc(NC(=O)c2ccco2)cc1. The normalized spacial score (nSPS) is 11.0. The average Bonchev–Trinajstić information content (AvgIpc) is 3.47. The Morgan fingerprint density at radius 3 is 2.45 bits per heavy atom. The van der Waals surface area contributed by atoms with Crippen molar-refractivity contribution in [1.82, 2.24) is 0 Å². The molecule has 2 heterocycles. The van der Waals surface area contributed by atoms with Crippen molar-refractivity contribution in [1.29, 1.82) is 0 Å². The fourth-order valence-corrected chi connectivity index (χ4v) is 3.25. The lowest BCUT2D eigenvalue weighted by molar-refractivity contribution is 0.0996. The zero-order valence-corrected chi connectivity index (χ0v) is 17.5. The van der Waals surface area contributed by atoms with Gasteiger partial charge in [-0.1, -0.05) is 29.3 Å². The predicted octanol–water partition coefficient (Wildman–Crippen LogP) is 6.99. The topological polar surface area (TPSA) is 72.5 Å². The fourth-order valence-electron chi connectivity index (χ4n) is 2.85. The van der Waals surface area contributed by atoms with Gasteiger partial charge >= 0.3 is 0 Å². The van der Waals surface area contributed by atoms with Crippen LogP contribution in [0.3, 0.4) is 0 Å². The second kappa shape index (κ2) is 9.08. The first-order chi connectivity index (χ1) is 15.0. The number of rotatable bonds is 6. The lowest BCUT2D eigenvalue weighted by atomic mass is 10.1. The molecular formula is C24H15Cl2NO4. The molecule has 0 bridgehead atoms. The van der Waals surface area contributed by atoms with Gasteiger partial charge in [0, 0.05) is 16.8 Å². The third-order valence-electron chi connectivity index (χ3n) is 4.42. The molecule has 1 N–H and O–H groups in total. The number of carbonyl (C=O) groups excluding carboxylic acids is 2. The highest BCUT2D eigenvalue weighted by molar-refractivity contribution is 6.43. The van der Waals surface area contributed by atoms with Gasteiger partial charge in [-0.3, -0.25) is 9.59 Å². The third kappa shape index (κ3) is 4.79. The van der Waals surface area contributed by atoms with E-state index in [1.165, 1.54) is 12.3 Å². The monoisotopic (exact) mass is 451 g/mol. The summed E-state index contributed by atoms with van der Waals surface area (Å²) in [7, 11) is 0. The van der Waals surface area contributed by atoms with Crippen molar-refractivity contribution < 1.29 is 18.4 Å². The summed E-state index contributed by atoms with van der Waals surface area (Å²) in [5, 5.41) is 3.54. The molecule has 0 aliphatic heterocycles. The number of halogens is 2. The third-order valence-corrected chi connectivity index (χ3v) is 5.23. The zero-order chi connectivity index (χ0) is 21.8. The van der Waals surface area contributed by atoms with Gasteiger partial charge in [-0.2, -0.15) is 0 Å². The Morgan fingerprint density at radius 1 is 0.903 bits per heavy atom. The van der Waals surface area contributed by atoms with Crippen molar-refractivity contribution in [2.75, 3.05) is 5.32 Å². The number of carbonyl (C=O) groups is 2. The fraction of sp³-hybridized carbons (Fsp3) is 0. The molecule has 0 fully saturated rings. The van der Waals surface area contributed by atoms with Crippen LogP contribution in [0, 0.1) is 0 Å². The Kier molecular flexibility index (Phi) is 6.07. The molecule has 0 aliphatic rings. The van der Waals surface area contributed by atoms with Gasteiger partial charge in [0.15, 0.2) is 11.5 Å². The highest BCUT2D eigenvalue weighted by Crippen LogP contribution is 2.34. The molecule has 0 saturated heterocycles. The molecule has 0 saturated carbocycles. The molecule has 2 aromatic carbocycles. The molecule has 1 amide bonds. The summed E-state index contributed by atoms with van der Waals surface area (Å²) in [6.07, 6.45) is 4.42. The van der Waals surface area contributed by atoms with Crippen LogP contribution >= 0.6 is 23.2 Å². The van der Waals surface area contributed by atoms with Crippen molar-refractivity contribution >= 4 is 46.7 Å². The van der Waals surface area contributed by atoms with Gasteiger partial charge in [-0.25, -0.2) is 0 Å². The van der Waals surface area contributed by atoms with Gasteiger partial charge in [0.1, 0.15) is 11.5 Å². The standard InChI is InChI=1S/C24H15Cl2NO4/c25-19-4-1-3-18(23(19)26)21-13-11-17(31-21)10-12-20(28)15-6-8-16(9-7-15)27-24(29)22-5-2-14-30-22/h1-14H,(H,27,29)/b12-10+. The minimum Gasteiger partial charge on any atom is -0.459 e. The van der Waals surface area contributed by atoms with E-state index in [9.17, 15) is 9.59 Å². The average molecular weight is 452 g/mol. The Balaban J connectivity index is 1.42. The smallest absolute Gasteiger partial charge is 0.291 e. The number of anilines is 1. The number of furan rings is 2. The zero-order valence-electron chi connectivity index (χ0n) is 16.0. The van der Waals surface area contributed by atoms with E-state index in [-0.39, 0.29) is 17.5 Å². The molecular weight excluding hydrogens is 437 g/mol. The van der Waals surface area contributed by atoms with E-state index in [0.29, 0.717) is 38.4 Å². The first kappa shape index (κ1) is 20.7. The Bertz CT molecular complexity index is 1260. The van der Waals surface area contributed by atoms with Gasteiger partial charge in [-0.15, -0.1) is 0 Å². The molecule has 154 valence electrons. The van der Waals surface area contributed by atoms with E-state index in [0.717, 1.165) is 0 Å². The van der Waals surface area contributed by atoms with Crippen LogP contribution in [0.4, 0.5) is 5.69 Å². The van der Waals surface area contributed by atoms with Crippen molar-refractivity contribution in [3.05, 3.63) is 106 Å². The number of benzene rings is 2. The van der Waals surface area contributed by atoms with Gasteiger partial charge < -0.3 is 14.2 Å². The molecule has 4 aromatic rings. The van der Waals surface area contributed by atoms with Crippen molar-refractivity contribution in [3.8, 4) is 11.3 Å². The maximum atomic E-state index is 12.4. The highest BCUT2D eigenvalue weighted by atomic mass is 35.5. The molecule has 7 heteroatoms. The van der Waals surface area contributed by atoms with Crippen molar-refractivity contribution in [2.45, 2.75) is 0 Å². The van der Waals surface area contributed by atoms with Crippen molar-refractivity contribution in [2.24, 2.45) is 0 Å². The van der Waals surface area contributed by atoms with E-state index in [1.807, 2.05) is 0 Å². The van der Waals surface area contributed by atoms with E-state index in [1.54, 1.807) is 72.8 Å². The molecule has 0 unspecified atom stereocenters. The molecule has 5 nitrogen and oxygen atoms in total. The highest BCUT2D eigenvalue weighted by Gasteiger charge is 2.11. The second-order valence-electron chi connectivity index (χ2n) is 6.51. The Labute approximate surface area is 187 Å². The number of ketones is 1. The molecule has 0 aliphatic carbocycles. The Hall–Kier alpha value is -3.54. The van der Waals surface area contributed by atoms with E-state index in [2.05, 4.69) is 5.32 Å². The summed E-state index contributed by atoms with van der Waals surface area (Å²) >= 11 is 12.3.